The summed E-state index contributed by atoms with van der Waals surface area (Å²) in [6.07, 6.45) is -1.73. The van der Waals surface area contributed by atoms with E-state index in [0.29, 0.717) is 0 Å². The molecule has 0 saturated carbocycles. The molecule has 1 fully saturated rings. The topological polar surface area (TPSA) is 168 Å². The van der Waals surface area contributed by atoms with E-state index >= 15 is 0 Å². The van der Waals surface area contributed by atoms with Gasteiger partial charge in [0.1, 0.15) is 6.04 Å². The van der Waals surface area contributed by atoms with E-state index in [2.05, 4.69) is 21.0 Å². The van der Waals surface area contributed by atoms with Crippen LogP contribution in [0.1, 0.15) is 38.3 Å². The van der Waals surface area contributed by atoms with Gasteiger partial charge in [-0.2, -0.15) is 0 Å². The van der Waals surface area contributed by atoms with Crippen LogP contribution < -0.4 is 16.1 Å². The third-order valence-corrected chi connectivity index (χ3v) is 7.74. The second-order valence-corrected chi connectivity index (χ2v) is 12.6. The number of hydrogen-bond acceptors (Lipinski definition) is 10. The molecule has 48 heavy (non-hydrogen) atoms. The van der Waals surface area contributed by atoms with Crippen molar-refractivity contribution in [2.45, 2.75) is 64.4 Å². The molecular formula is C35H43N5O8. The van der Waals surface area contributed by atoms with Crippen LogP contribution in [-0.2, 0) is 36.8 Å². The zero-order valence-corrected chi connectivity index (χ0v) is 27.5. The van der Waals surface area contributed by atoms with Crippen molar-refractivity contribution >= 4 is 24.1 Å². The van der Waals surface area contributed by atoms with Gasteiger partial charge in [0.15, 0.2) is 0 Å². The fourth-order valence-electron chi connectivity index (χ4n) is 5.16. The Morgan fingerprint density at radius 2 is 1.69 bits per heavy atom. The van der Waals surface area contributed by atoms with Crippen molar-refractivity contribution in [3.05, 3.63) is 90.1 Å². The lowest BCUT2D eigenvalue weighted by molar-refractivity contribution is -0.144. The number of esters is 1. The highest BCUT2D eigenvalue weighted by Gasteiger charge is 2.35. The first-order chi connectivity index (χ1) is 22.9. The molecule has 4 atom stereocenters. The summed E-state index contributed by atoms with van der Waals surface area (Å²) in [5.74, 6) is -1.15. The number of amides is 3. The lowest BCUT2D eigenvalue weighted by atomic mass is 9.86. The summed E-state index contributed by atoms with van der Waals surface area (Å²) < 4.78 is 14.9. The zero-order valence-electron chi connectivity index (χ0n) is 27.5. The largest absolute Gasteiger partial charge is 0.463 e. The van der Waals surface area contributed by atoms with E-state index in [4.69, 9.17) is 14.2 Å². The van der Waals surface area contributed by atoms with Crippen molar-refractivity contribution in [2.24, 2.45) is 5.41 Å². The molecule has 4 N–H and O–H groups in total. The summed E-state index contributed by atoms with van der Waals surface area (Å²) in [6, 6.07) is 20.6. The van der Waals surface area contributed by atoms with Crippen LogP contribution in [0.15, 0.2) is 79.0 Å². The Balaban J connectivity index is 1.57. The molecule has 2 heterocycles. The van der Waals surface area contributed by atoms with Gasteiger partial charge >= 0.3 is 18.2 Å². The number of nitrogens with zero attached hydrogens (tertiary/aromatic N) is 2. The lowest BCUT2D eigenvalue weighted by Gasteiger charge is -2.34. The normalized spacial score (nSPS) is 16.3. The average Bonchev–Trinajstić information content (AvgIpc) is 3.47. The van der Waals surface area contributed by atoms with Crippen molar-refractivity contribution in [1.29, 1.82) is 0 Å². The Hall–Kier alpha value is -5.01. The van der Waals surface area contributed by atoms with E-state index in [9.17, 15) is 24.3 Å². The summed E-state index contributed by atoms with van der Waals surface area (Å²) in [4.78, 5) is 55.0. The predicted octanol–water partition coefficient (Wildman–Crippen LogP) is 3.37. The number of carbonyl (C=O) groups is 4. The van der Waals surface area contributed by atoms with Gasteiger partial charge in [0.05, 0.1) is 31.6 Å². The van der Waals surface area contributed by atoms with E-state index in [1.807, 2.05) is 72.8 Å². The third-order valence-electron chi connectivity index (χ3n) is 7.74. The van der Waals surface area contributed by atoms with Gasteiger partial charge in [0, 0.05) is 31.3 Å². The molecule has 13 nitrogen and oxygen atoms in total. The van der Waals surface area contributed by atoms with E-state index in [1.165, 1.54) is 12.1 Å². The van der Waals surface area contributed by atoms with Gasteiger partial charge < -0.3 is 30.0 Å². The molecule has 1 aromatic heterocycles. The van der Waals surface area contributed by atoms with Crippen LogP contribution in [0, 0.1) is 5.41 Å². The van der Waals surface area contributed by atoms with Crippen LogP contribution in [-0.4, -0.2) is 83.7 Å². The van der Waals surface area contributed by atoms with Crippen molar-refractivity contribution in [2.75, 3.05) is 20.3 Å². The fourth-order valence-corrected chi connectivity index (χ4v) is 5.16. The Bertz CT molecular complexity index is 1520. The molecule has 256 valence electrons. The Morgan fingerprint density at radius 3 is 2.29 bits per heavy atom. The van der Waals surface area contributed by atoms with Gasteiger partial charge in [-0.1, -0.05) is 81.4 Å². The van der Waals surface area contributed by atoms with Gasteiger partial charge in [0.2, 0.25) is 6.10 Å². The smallest absolute Gasteiger partial charge is 0.408 e. The molecule has 1 saturated heterocycles. The predicted molar refractivity (Wildman–Crippen MR) is 176 cm³/mol. The molecule has 0 spiro atoms. The Labute approximate surface area is 279 Å². The SMILES string of the molecule is COC(=O)NC(C(=O)NN(Cc1ccc(-c2ccccn2)cc1)C[C@H](O)[C@H](Cc1ccccc1)NC(=O)O[C@@H]1CCOC1=O)C(C)(C)C. The van der Waals surface area contributed by atoms with Crippen molar-refractivity contribution in [3.63, 3.8) is 0 Å². The van der Waals surface area contributed by atoms with Crippen LogP contribution in [0.25, 0.3) is 11.3 Å². The molecule has 13 heteroatoms. The van der Waals surface area contributed by atoms with Gasteiger partial charge in [-0.05, 0) is 35.1 Å². The number of hydrogen-bond donors (Lipinski definition) is 4. The maximum Gasteiger partial charge on any atom is 0.408 e. The average molecular weight is 662 g/mol. The van der Waals surface area contributed by atoms with E-state index in [1.54, 1.807) is 27.0 Å². The third kappa shape index (κ3) is 10.5. The van der Waals surface area contributed by atoms with Crippen LogP contribution in [0.2, 0.25) is 0 Å². The minimum absolute atomic E-state index is 0.133. The number of benzene rings is 2. The zero-order chi connectivity index (χ0) is 34.7. The van der Waals surface area contributed by atoms with Gasteiger partial charge in [0.25, 0.3) is 5.91 Å². The van der Waals surface area contributed by atoms with Crippen LogP contribution in [0.3, 0.4) is 0 Å². The molecule has 3 aromatic rings. The maximum absolute atomic E-state index is 13.7. The van der Waals surface area contributed by atoms with Crippen molar-refractivity contribution in [1.82, 2.24) is 26.1 Å². The standard InChI is InChI=1S/C35H43N5O8/c1-35(2,3)30(38-33(44)46-4)31(42)39-40(21-24-13-15-25(16-14-24)26-12-8-9-18-36-26)22-28(41)27(20-23-10-6-5-7-11-23)37-34(45)48-29-17-19-47-32(29)43/h5-16,18,27-30,41H,17,19-22H2,1-4H3,(H,37,45)(H,38,44)(H,39,42)/t27-,28-,29+,30?/m0/s1. The number of pyridine rings is 1. The first-order valence-corrected chi connectivity index (χ1v) is 15.7. The van der Waals surface area contributed by atoms with E-state index < -0.39 is 53.8 Å². The molecule has 1 aliphatic rings. The second-order valence-electron chi connectivity index (χ2n) is 12.6. The summed E-state index contributed by atoms with van der Waals surface area (Å²) >= 11 is 0. The number of rotatable bonds is 13. The number of nitrogens with one attached hydrogen (secondary N) is 3. The molecular weight excluding hydrogens is 618 g/mol. The number of methoxy groups -OCH3 is 1. The number of carbonyl (C=O) groups excluding carboxylic acids is 4. The first kappa shape index (κ1) is 35.8. The molecule has 4 rings (SSSR count). The van der Waals surface area contributed by atoms with Gasteiger partial charge in [-0.25, -0.2) is 19.4 Å². The summed E-state index contributed by atoms with van der Waals surface area (Å²) in [7, 11) is 1.21. The highest BCUT2D eigenvalue weighted by Crippen LogP contribution is 2.21. The minimum atomic E-state index is -1.23. The van der Waals surface area contributed by atoms with Crippen LogP contribution >= 0.6 is 0 Å². The fraction of sp³-hybridized carbons (Fsp3) is 0.400. The second kappa shape index (κ2) is 16.7. The van der Waals surface area contributed by atoms with E-state index in [-0.39, 0.29) is 32.5 Å². The highest BCUT2D eigenvalue weighted by atomic mass is 16.6. The minimum Gasteiger partial charge on any atom is -0.463 e. The number of alkyl carbamates (subject to hydrolysis) is 2. The van der Waals surface area contributed by atoms with Crippen LogP contribution in [0.4, 0.5) is 9.59 Å². The Kier molecular flexibility index (Phi) is 12.5. The van der Waals surface area contributed by atoms with Crippen molar-refractivity contribution < 1.29 is 38.5 Å². The number of aliphatic hydroxyl groups excluding tert-OH is 1. The molecule has 3 amide bonds. The number of aromatic nitrogens is 1. The number of aliphatic hydroxyl groups is 1. The monoisotopic (exact) mass is 661 g/mol. The summed E-state index contributed by atoms with van der Waals surface area (Å²) in [5, 5.41) is 18.4. The number of ether oxygens (including phenoxy) is 3. The quantitative estimate of drug-likeness (QED) is 0.121. The molecule has 0 bridgehead atoms. The number of cyclic esters (lactones) is 1. The molecule has 1 unspecified atom stereocenters. The van der Waals surface area contributed by atoms with Crippen molar-refractivity contribution in [3.8, 4) is 11.3 Å². The Morgan fingerprint density at radius 1 is 0.979 bits per heavy atom. The molecule has 2 aromatic carbocycles. The molecule has 1 aliphatic heterocycles. The van der Waals surface area contributed by atoms with Gasteiger partial charge in [-0.15, -0.1) is 0 Å². The first-order valence-electron chi connectivity index (χ1n) is 15.7. The summed E-state index contributed by atoms with van der Waals surface area (Å²) in [6.45, 7) is 5.59. The lowest BCUT2D eigenvalue weighted by Crippen LogP contribution is -2.59. The molecule has 0 aliphatic carbocycles. The van der Waals surface area contributed by atoms with E-state index in [0.717, 1.165) is 22.4 Å². The van der Waals surface area contributed by atoms with Crippen LogP contribution in [0.5, 0.6) is 0 Å². The molecule has 0 radical (unpaired) electrons. The number of hydrazine groups is 1. The highest BCUT2D eigenvalue weighted by molar-refractivity contribution is 5.86. The maximum atomic E-state index is 13.7. The van der Waals surface area contributed by atoms with Gasteiger partial charge in [-0.3, -0.25) is 15.2 Å². The summed E-state index contributed by atoms with van der Waals surface area (Å²) in [5.41, 5.74) is 5.51.